The lowest BCUT2D eigenvalue weighted by molar-refractivity contribution is -0.385. The number of aromatic nitrogens is 2. The van der Waals surface area contributed by atoms with Gasteiger partial charge in [-0.05, 0) is 31.2 Å². The molecule has 0 unspecified atom stereocenters. The number of halogens is 1. The van der Waals surface area contributed by atoms with Crippen molar-refractivity contribution in [2.75, 3.05) is 0 Å². The summed E-state index contributed by atoms with van der Waals surface area (Å²) in [6.45, 7) is 5.40. The minimum Gasteiger partial charge on any atom is -0.358 e. The average molecular weight is 462 g/mol. The van der Waals surface area contributed by atoms with Crippen molar-refractivity contribution in [3.63, 3.8) is 0 Å². The number of nitro benzene ring substituents is 1. The van der Waals surface area contributed by atoms with E-state index in [1.807, 2.05) is 0 Å². The minimum atomic E-state index is -4.31. The first-order valence-corrected chi connectivity index (χ1v) is 10.6. The van der Waals surface area contributed by atoms with Crippen molar-refractivity contribution in [2.24, 2.45) is 0 Å². The molecule has 11 heteroatoms. The van der Waals surface area contributed by atoms with Crippen LogP contribution in [0.25, 0.3) is 0 Å². The van der Waals surface area contributed by atoms with Crippen LogP contribution in [0.5, 0.6) is 5.88 Å². The summed E-state index contributed by atoms with van der Waals surface area (Å²) < 4.78 is 31.9. The van der Waals surface area contributed by atoms with Crippen molar-refractivity contribution in [1.82, 2.24) is 9.78 Å². The quantitative estimate of drug-likeness (QED) is 0.164. The Hall–Kier alpha value is -3.50. The molecule has 31 heavy (non-hydrogen) atoms. The summed E-state index contributed by atoms with van der Waals surface area (Å²) in [7, 11) is -4.31. The Morgan fingerprint density at radius 1 is 1.26 bits per heavy atom. The molecule has 9 nitrogen and oxygen atoms in total. The van der Waals surface area contributed by atoms with Crippen LogP contribution in [0.1, 0.15) is 21.5 Å². The Labute approximate surface area is 182 Å². The fourth-order valence-corrected chi connectivity index (χ4v) is 3.84. The summed E-state index contributed by atoms with van der Waals surface area (Å²) in [4.78, 5) is 23.6. The van der Waals surface area contributed by atoms with Crippen LogP contribution in [-0.2, 0) is 16.7 Å². The number of ketones is 1. The van der Waals surface area contributed by atoms with Gasteiger partial charge in [0.25, 0.3) is 5.69 Å². The number of allylic oxidation sites excluding steroid dienone is 1. The van der Waals surface area contributed by atoms with Gasteiger partial charge in [-0.3, -0.25) is 14.9 Å². The van der Waals surface area contributed by atoms with Crippen LogP contribution in [0.4, 0.5) is 5.69 Å². The van der Waals surface area contributed by atoms with E-state index in [2.05, 4.69) is 11.7 Å². The van der Waals surface area contributed by atoms with E-state index in [-0.39, 0.29) is 33.5 Å². The lowest BCUT2D eigenvalue weighted by Gasteiger charge is -2.11. The van der Waals surface area contributed by atoms with Gasteiger partial charge in [0.15, 0.2) is 0 Å². The number of aryl methyl sites for hydroxylation is 1. The highest BCUT2D eigenvalue weighted by Gasteiger charge is 2.29. The minimum absolute atomic E-state index is 0.0365. The number of carbonyl (C=O) groups is 1. The molecule has 0 saturated heterocycles. The molecule has 0 amide bonds. The molecule has 0 aliphatic carbocycles. The number of carbonyl (C=O) groups excluding carboxylic acids is 1. The zero-order chi connectivity index (χ0) is 22.8. The topological polar surface area (TPSA) is 121 Å². The van der Waals surface area contributed by atoms with E-state index in [1.54, 1.807) is 19.1 Å². The number of hydrogen-bond donors (Lipinski definition) is 0. The van der Waals surface area contributed by atoms with Crippen molar-refractivity contribution < 1.29 is 22.3 Å². The lowest BCUT2D eigenvalue weighted by Crippen LogP contribution is -2.16. The maximum Gasteiger partial charge on any atom is 0.340 e. The Bertz CT molecular complexity index is 1280. The van der Waals surface area contributed by atoms with Crippen LogP contribution >= 0.6 is 11.6 Å². The van der Waals surface area contributed by atoms with E-state index < -0.39 is 26.5 Å². The first-order chi connectivity index (χ1) is 14.6. The van der Waals surface area contributed by atoms with Crippen LogP contribution in [0.15, 0.2) is 66.2 Å². The molecule has 0 saturated carbocycles. The zero-order valence-corrected chi connectivity index (χ0v) is 17.8. The second-order valence-corrected chi connectivity index (χ2v) is 8.42. The number of nitro groups is 1. The SMILES string of the molecule is C=CCn1ncc(C(=O)c2ccc(Cl)cc2[N+](=O)[O-])c1OS(=O)(=O)c1ccc(C)cc1. The molecule has 0 fully saturated rings. The highest BCUT2D eigenvalue weighted by molar-refractivity contribution is 7.87. The summed E-state index contributed by atoms with van der Waals surface area (Å²) in [5.74, 6) is -1.22. The highest BCUT2D eigenvalue weighted by Crippen LogP contribution is 2.30. The largest absolute Gasteiger partial charge is 0.358 e. The molecule has 0 aliphatic rings. The summed E-state index contributed by atoms with van der Waals surface area (Å²) >= 11 is 5.81. The second-order valence-electron chi connectivity index (χ2n) is 6.43. The first-order valence-electron chi connectivity index (χ1n) is 8.80. The summed E-state index contributed by atoms with van der Waals surface area (Å²) in [6.07, 6.45) is 2.52. The predicted molar refractivity (Wildman–Crippen MR) is 113 cm³/mol. The maximum absolute atomic E-state index is 13.1. The van der Waals surface area contributed by atoms with E-state index in [1.165, 1.54) is 30.3 Å². The molecule has 1 heterocycles. The molecule has 2 aromatic carbocycles. The fourth-order valence-electron chi connectivity index (χ4n) is 2.72. The van der Waals surface area contributed by atoms with Gasteiger partial charge < -0.3 is 4.18 Å². The fraction of sp³-hybridized carbons (Fsp3) is 0.100. The van der Waals surface area contributed by atoms with Crippen LogP contribution < -0.4 is 4.18 Å². The average Bonchev–Trinajstić information content (AvgIpc) is 3.09. The molecule has 0 spiro atoms. The zero-order valence-electron chi connectivity index (χ0n) is 16.2. The molecule has 0 atom stereocenters. The van der Waals surface area contributed by atoms with Gasteiger partial charge in [-0.15, -0.1) is 6.58 Å². The van der Waals surface area contributed by atoms with Crippen molar-refractivity contribution in [3.05, 3.63) is 93.1 Å². The molecular weight excluding hydrogens is 446 g/mol. The Morgan fingerprint density at radius 3 is 2.55 bits per heavy atom. The van der Waals surface area contributed by atoms with Crippen LogP contribution in [0.3, 0.4) is 0 Å². The van der Waals surface area contributed by atoms with Crippen molar-refractivity contribution >= 4 is 33.2 Å². The molecule has 1 aromatic heterocycles. The number of hydrogen-bond acceptors (Lipinski definition) is 7. The van der Waals surface area contributed by atoms with Crippen LogP contribution in [0.2, 0.25) is 5.02 Å². The second kappa shape index (κ2) is 8.70. The lowest BCUT2D eigenvalue weighted by atomic mass is 10.0. The third-order valence-electron chi connectivity index (χ3n) is 4.24. The normalized spacial score (nSPS) is 11.2. The molecule has 0 N–H and O–H groups in total. The van der Waals surface area contributed by atoms with E-state index in [0.717, 1.165) is 22.5 Å². The van der Waals surface area contributed by atoms with Gasteiger partial charge in [0.05, 0.1) is 17.7 Å². The number of nitrogens with zero attached hydrogens (tertiary/aromatic N) is 3. The van der Waals surface area contributed by atoms with Gasteiger partial charge in [0.1, 0.15) is 16.0 Å². The standard InChI is InChI=1S/C20H16ClN3O6S/c1-3-10-23-20(30-31(28,29)15-7-4-13(2)5-8-15)17(12-22-23)19(25)16-9-6-14(21)11-18(16)24(26)27/h3-9,11-12H,1,10H2,2H3. The maximum atomic E-state index is 13.1. The van der Waals surface area contributed by atoms with Crippen molar-refractivity contribution in [3.8, 4) is 5.88 Å². The third-order valence-corrected chi connectivity index (χ3v) is 5.70. The van der Waals surface area contributed by atoms with Crippen LogP contribution in [0, 0.1) is 17.0 Å². The molecule has 3 rings (SSSR count). The Morgan fingerprint density at radius 2 is 1.94 bits per heavy atom. The first kappa shape index (κ1) is 22.2. The van der Waals surface area contributed by atoms with Gasteiger partial charge in [-0.2, -0.15) is 13.5 Å². The van der Waals surface area contributed by atoms with E-state index in [9.17, 15) is 23.3 Å². The highest BCUT2D eigenvalue weighted by atomic mass is 35.5. The molecular formula is C20H16ClN3O6S. The molecule has 0 radical (unpaired) electrons. The van der Waals surface area contributed by atoms with E-state index in [0.29, 0.717) is 0 Å². The van der Waals surface area contributed by atoms with Gasteiger partial charge >= 0.3 is 10.1 Å². The van der Waals surface area contributed by atoms with Gasteiger partial charge in [0, 0.05) is 11.1 Å². The van der Waals surface area contributed by atoms with E-state index in [4.69, 9.17) is 15.8 Å². The molecule has 3 aromatic rings. The summed E-state index contributed by atoms with van der Waals surface area (Å²) in [6, 6.07) is 9.47. The van der Waals surface area contributed by atoms with E-state index >= 15 is 0 Å². The van der Waals surface area contributed by atoms with Gasteiger partial charge in [0.2, 0.25) is 11.7 Å². The molecule has 160 valence electrons. The van der Waals surface area contributed by atoms with Gasteiger partial charge in [-0.1, -0.05) is 35.4 Å². The van der Waals surface area contributed by atoms with Gasteiger partial charge in [-0.25, -0.2) is 4.68 Å². The van der Waals surface area contributed by atoms with Crippen molar-refractivity contribution in [2.45, 2.75) is 18.4 Å². The van der Waals surface area contributed by atoms with Crippen LogP contribution in [-0.4, -0.2) is 28.9 Å². The Balaban J connectivity index is 2.10. The smallest absolute Gasteiger partial charge is 0.340 e. The third kappa shape index (κ3) is 4.65. The molecule has 0 bridgehead atoms. The number of rotatable bonds is 8. The Kier molecular flexibility index (Phi) is 6.23. The predicted octanol–water partition coefficient (Wildman–Crippen LogP) is 3.94. The molecule has 0 aliphatic heterocycles. The monoisotopic (exact) mass is 461 g/mol. The summed E-state index contributed by atoms with van der Waals surface area (Å²) in [5.41, 5.74) is -0.226. The number of benzene rings is 2. The van der Waals surface area contributed by atoms with Crippen molar-refractivity contribution in [1.29, 1.82) is 0 Å². The summed E-state index contributed by atoms with van der Waals surface area (Å²) in [5, 5.41) is 15.4.